The van der Waals surface area contributed by atoms with Crippen molar-refractivity contribution in [2.45, 2.75) is 6.42 Å². The molecule has 14 heavy (non-hydrogen) atoms. The van der Waals surface area contributed by atoms with Crippen molar-refractivity contribution in [3.8, 4) is 0 Å². The van der Waals surface area contributed by atoms with Crippen LogP contribution in [0.25, 0.3) is 0 Å². The van der Waals surface area contributed by atoms with E-state index in [1.807, 2.05) is 0 Å². The molecule has 1 aromatic carbocycles. The highest BCUT2D eigenvalue weighted by atomic mass is 79.9. The molecular weight excluding hydrogens is 253 g/mol. The first kappa shape index (κ1) is 9.33. The van der Waals surface area contributed by atoms with Gasteiger partial charge in [-0.05, 0) is 33.6 Å². The van der Waals surface area contributed by atoms with Crippen molar-refractivity contribution in [3.05, 3.63) is 33.5 Å². The maximum atomic E-state index is 13.1. The zero-order valence-electron chi connectivity index (χ0n) is 6.92. The molecule has 0 spiro atoms. The summed E-state index contributed by atoms with van der Waals surface area (Å²) in [7, 11) is 0. The van der Waals surface area contributed by atoms with Gasteiger partial charge >= 0.3 is 0 Å². The molecule has 0 saturated carbocycles. The predicted molar refractivity (Wildman–Crippen MR) is 51.4 cm³/mol. The number of hydrogen-bond donors (Lipinski definition) is 1. The molecule has 0 radical (unpaired) electrons. The number of hydrogen-bond acceptors (Lipinski definition) is 3. The van der Waals surface area contributed by atoms with Crippen LogP contribution < -0.4 is 0 Å². The Balaban J connectivity index is 2.61. The smallest absolute Gasteiger partial charge is 0.211 e. The van der Waals surface area contributed by atoms with Gasteiger partial charge in [0, 0.05) is 12.0 Å². The number of oxime groups is 1. The summed E-state index contributed by atoms with van der Waals surface area (Å²) in [6.07, 6.45) is 0.189. The SMILES string of the molecule is O=C1/C(=N/O)Cc2cc(F)c(Br)cc21. The highest BCUT2D eigenvalue weighted by molar-refractivity contribution is 9.10. The minimum Gasteiger partial charge on any atom is -0.411 e. The monoisotopic (exact) mass is 257 g/mol. The van der Waals surface area contributed by atoms with Gasteiger partial charge in [-0.3, -0.25) is 4.79 Å². The number of carbonyl (C=O) groups excluding carboxylic acids is 1. The van der Waals surface area contributed by atoms with Crippen molar-refractivity contribution < 1.29 is 14.4 Å². The lowest BCUT2D eigenvalue weighted by Gasteiger charge is -1.98. The van der Waals surface area contributed by atoms with Gasteiger partial charge in [0.1, 0.15) is 11.5 Å². The van der Waals surface area contributed by atoms with Crippen molar-refractivity contribution >= 4 is 27.4 Å². The van der Waals surface area contributed by atoms with E-state index in [0.29, 0.717) is 11.1 Å². The Kier molecular flexibility index (Phi) is 2.11. The third kappa shape index (κ3) is 1.24. The van der Waals surface area contributed by atoms with Crippen LogP contribution in [0, 0.1) is 5.82 Å². The van der Waals surface area contributed by atoms with Gasteiger partial charge in [-0.25, -0.2) is 4.39 Å². The molecule has 3 nitrogen and oxygen atoms in total. The molecule has 0 saturated heterocycles. The third-order valence-electron chi connectivity index (χ3n) is 2.13. The molecule has 0 bridgehead atoms. The summed E-state index contributed by atoms with van der Waals surface area (Å²) in [5.74, 6) is -0.765. The van der Waals surface area contributed by atoms with Gasteiger partial charge in [0.15, 0.2) is 0 Å². The van der Waals surface area contributed by atoms with Gasteiger partial charge in [-0.15, -0.1) is 0 Å². The molecule has 0 fully saturated rings. The first-order valence-electron chi connectivity index (χ1n) is 3.87. The van der Waals surface area contributed by atoms with E-state index >= 15 is 0 Å². The van der Waals surface area contributed by atoms with E-state index in [9.17, 15) is 9.18 Å². The molecule has 0 amide bonds. The largest absolute Gasteiger partial charge is 0.411 e. The van der Waals surface area contributed by atoms with Gasteiger partial charge < -0.3 is 5.21 Å². The quantitative estimate of drug-likeness (QED) is 0.572. The molecular formula is C9H5BrFNO2. The summed E-state index contributed by atoms with van der Waals surface area (Å²) in [5.41, 5.74) is 1.01. The second kappa shape index (κ2) is 3.16. The lowest BCUT2D eigenvalue weighted by atomic mass is 10.1. The summed E-state index contributed by atoms with van der Waals surface area (Å²) in [6.45, 7) is 0. The first-order valence-corrected chi connectivity index (χ1v) is 4.66. The molecule has 1 aliphatic rings. The zero-order chi connectivity index (χ0) is 10.3. The molecule has 0 aromatic heterocycles. The van der Waals surface area contributed by atoms with Crippen LogP contribution in [0.1, 0.15) is 15.9 Å². The summed E-state index contributed by atoms with van der Waals surface area (Å²) in [5, 5.41) is 11.4. The summed E-state index contributed by atoms with van der Waals surface area (Å²) >= 11 is 2.99. The number of benzene rings is 1. The Morgan fingerprint density at radius 2 is 2.21 bits per heavy atom. The number of halogens is 2. The Labute approximate surface area is 87.4 Å². The fourth-order valence-corrected chi connectivity index (χ4v) is 1.79. The van der Waals surface area contributed by atoms with Crippen LogP contribution >= 0.6 is 15.9 Å². The maximum Gasteiger partial charge on any atom is 0.211 e. The molecule has 2 rings (SSSR count). The van der Waals surface area contributed by atoms with Crippen LogP contribution in [0.2, 0.25) is 0 Å². The van der Waals surface area contributed by atoms with Crippen molar-refractivity contribution in [1.29, 1.82) is 0 Å². The number of Topliss-reactive ketones (excluding diaryl/α,β-unsaturated/α-hetero) is 1. The van der Waals surface area contributed by atoms with E-state index < -0.39 is 5.82 Å². The predicted octanol–water partition coefficient (Wildman–Crippen LogP) is 2.16. The Bertz CT molecular complexity index is 456. The summed E-state index contributed by atoms with van der Waals surface area (Å²) in [4.78, 5) is 11.5. The van der Waals surface area contributed by atoms with Crippen molar-refractivity contribution in [1.82, 2.24) is 0 Å². The van der Waals surface area contributed by atoms with E-state index in [0.717, 1.165) is 0 Å². The highest BCUT2D eigenvalue weighted by Crippen LogP contribution is 2.26. The fraction of sp³-hybridized carbons (Fsp3) is 0.111. The molecule has 5 heteroatoms. The van der Waals surface area contributed by atoms with Crippen LogP contribution in [0.5, 0.6) is 0 Å². The normalized spacial score (nSPS) is 17.6. The number of nitrogens with zero attached hydrogens (tertiary/aromatic N) is 1. The summed E-state index contributed by atoms with van der Waals surface area (Å²) in [6, 6.07) is 2.68. The Hall–Kier alpha value is -1.23. The van der Waals surface area contributed by atoms with Crippen LogP contribution in [0.3, 0.4) is 0 Å². The number of carbonyl (C=O) groups is 1. The first-order chi connectivity index (χ1) is 6.63. The van der Waals surface area contributed by atoms with Crippen LogP contribution in [-0.2, 0) is 6.42 Å². The minimum atomic E-state index is -0.421. The van der Waals surface area contributed by atoms with Crippen LogP contribution in [0.4, 0.5) is 4.39 Å². The molecule has 1 aromatic rings. The molecule has 0 atom stereocenters. The molecule has 1 N–H and O–H groups in total. The molecule has 0 aliphatic heterocycles. The van der Waals surface area contributed by atoms with Crippen molar-refractivity contribution in [2.75, 3.05) is 0 Å². The van der Waals surface area contributed by atoms with E-state index in [-0.39, 0.29) is 22.4 Å². The van der Waals surface area contributed by atoms with Crippen molar-refractivity contribution in [2.24, 2.45) is 5.16 Å². The van der Waals surface area contributed by atoms with E-state index in [1.165, 1.54) is 12.1 Å². The van der Waals surface area contributed by atoms with E-state index in [4.69, 9.17) is 5.21 Å². The minimum absolute atomic E-state index is 0.0532. The van der Waals surface area contributed by atoms with Crippen LogP contribution in [-0.4, -0.2) is 16.7 Å². The summed E-state index contributed by atoms with van der Waals surface area (Å²) < 4.78 is 13.3. The standard InChI is InChI=1S/C9H5BrFNO2/c10-6-3-5-4(1-7(6)11)2-8(12-14)9(5)13/h1,3,14H,2H2/b12-8+. The lowest BCUT2D eigenvalue weighted by molar-refractivity contribution is 0.106. The van der Waals surface area contributed by atoms with Gasteiger partial charge in [0.2, 0.25) is 5.78 Å². The number of rotatable bonds is 0. The second-order valence-corrected chi connectivity index (χ2v) is 3.83. The average Bonchev–Trinajstić information content (AvgIpc) is 2.45. The molecule has 0 heterocycles. The number of fused-ring (bicyclic) bond motifs is 1. The number of ketones is 1. The molecule has 72 valence electrons. The highest BCUT2D eigenvalue weighted by Gasteiger charge is 2.28. The molecule has 1 aliphatic carbocycles. The molecule has 0 unspecified atom stereocenters. The van der Waals surface area contributed by atoms with Crippen molar-refractivity contribution in [3.63, 3.8) is 0 Å². The van der Waals surface area contributed by atoms with Gasteiger partial charge in [0.05, 0.1) is 4.47 Å². The Morgan fingerprint density at radius 3 is 2.86 bits per heavy atom. The zero-order valence-corrected chi connectivity index (χ0v) is 8.51. The van der Waals surface area contributed by atoms with E-state index in [2.05, 4.69) is 21.1 Å². The topological polar surface area (TPSA) is 49.7 Å². The van der Waals surface area contributed by atoms with Gasteiger partial charge in [0.25, 0.3) is 0 Å². The maximum absolute atomic E-state index is 13.1. The van der Waals surface area contributed by atoms with E-state index in [1.54, 1.807) is 0 Å². The fourth-order valence-electron chi connectivity index (χ4n) is 1.44. The lowest BCUT2D eigenvalue weighted by Crippen LogP contribution is -2.06. The van der Waals surface area contributed by atoms with Gasteiger partial charge in [-0.1, -0.05) is 5.16 Å². The Morgan fingerprint density at radius 1 is 1.50 bits per heavy atom. The second-order valence-electron chi connectivity index (χ2n) is 2.98. The average molecular weight is 258 g/mol. The van der Waals surface area contributed by atoms with Gasteiger partial charge in [-0.2, -0.15) is 0 Å². The van der Waals surface area contributed by atoms with Crippen LogP contribution in [0.15, 0.2) is 21.8 Å². The third-order valence-corrected chi connectivity index (χ3v) is 2.74.